The van der Waals surface area contributed by atoms with Gasteiger partial charge in [-0.15, -0.1) is 0 Å². The number of aromatic nitrogens is 2. The Morgan fingerprint density at radius 2 is 1.76 bits per heavy atom. The molecule has 2 aliphatic rings. The lowest BCUT2D eigenvalue weighted by molar-refractivity contribution is 0.0254. The van der Waals surface area contributed by atoms with Crippen molar-refractivity contribution in [1.82, 2.24) is 14.3 Å². The van der Waals surface area contributed by atoms with Gasteiger partial charge in [0, 0.05) is 72.9 Å². The van der Waals surface area contributed by atoms with Crippen molar-refractivity contribution in [3.8, 4) is 40.1 Å². The highest BCUT2D eigenvalue weighted by Gasteiger charge is 2.25. The first-order chi connectivity index (χ1) is 20.3. The molecule has 0 atom stereocenters. The Hall–Kier alpha value is -4.11. The monoisotopic (exact) mass is 587 g/mol. The van der Waals surface area contributed by atoms with E-state index in [1.807, 2.05) is 42.5 Å². The third-order valence-corrected chi connectivity index (χ3v) is 9.23. The first kappa shape index (κ1) is 28.0. The van der Waals surface area contributed by atoms with Crippen LogP contribution in [0.5, 0.6) is 11.5 Å². The van der Waals surface area contributed by atoms with Crippen LogP contribution in [-0.4, -0.2) is 81.6 Å². The van der Waals surface area contributed by atoms with Crippen LogP contribution in [0.1, 0.15) is 18.4 Å². The number of benzene rings is 2. The molecule has 4 heterocycles. The van der Waals surface area contributed by atoms with Gasteiger partial charge in [-0.1, -0.05) is 6.07 Å². The summed E-state index contributed by atoms with van der Waals surface area (Å²) in [4.78, 5) is 10.3. The van der Waals surface area contributed by atoms with E-state index in [1.165, 1.54) is 10.6 Å². The van der Waals surface area contributed by atoms with Crippen molar-refractivity contribution in [3.05, 3.63) is 60.3 Å². The predicted octanol–water partition coefficient (Wildman–Crippen LogP) is 4.42. The Bertz CT molecular complexity index is 1750. The highest BCUT2D eigenvalue weighted by molar-refractivity contribution is 7.88. The molecule has 2 fully saturated rings. The van der Waals surface area contributed by atoms with Gasteiger partial charge < -0.3 is 24.1 Å². The number of piperazine rings is 1. The maximum Gasteiger partial charge on any atom is 0.211 e. The fourth-order valence-electron chi connectivity index (χ4n) is 5.65. The van der Waals surface area contributed by atoms with Gasteiger partial charge in [0.25, 0.3) is 0 Å². The minimum Gasteiger partial charge on any atom is -0.495 e. The Morgan fingerprint density at radius 3 is 2.48 bits per heavy atom. The molecule has 0 aliphatic carbocycles. The Balaban J connectivity index is 1.27. The number of H-pyrrole nitrogens is 1. The molecule has 2 aromatic carbocycles. The number of methoxy groups -OCH3 is 1. The molecule has 10 nitrogen and oxygen atoms in total. The van der Waals surface area contributed by atoms with Gasteiger partial charge in [0.05, 0.1) is 43.5 Å². The number of hydrogen-bond donors (Lipinski definition) is 1. The lowest BCUT2D eigenvalue weighted by Gasteiger charge is -2.35. The van der Waals surface area contributed by atoms with Crippen LogP contribution in [0, 0.1) is 11.3 Å². The number of aromatic amines is 1. The third-order valence-electron chi connectivity index (χ3n) is 7.92. The van der Waals surface area contributed by atoms with Crippen molar-refractivity contribution in [2.45, 2.75) is 18.9 Å². The second-order valence-electron chi connectivity index (χ2n) is 10.6. The van der Waals surface area contributed by atoms with Crippen LogP contribution in [0.2, 0.25) is 0 Å². The molecule has 0 saturated carbocycles. The zero-order valence-corrected chi connectivity index (χ0v) is 24.5. The van der Waals surface area contributed by atoms with Crippen LogP contribution in [0.3, 0.4) is 0 Å². The van der Waals surface area contributed by atoms with Crippen molar-refractivity contribution in [2.75, 3.05) is 57.7 Å². The van der Waals surface area contributed by atoms with Gasteiger partial charge >= 0.3 is 0 Å². The molecule has 4 aromatic rings. The number of anilines is 1. The number of nitrogens with zero attached hydrogens (tertiary/aromatic N) is 4. The van der Waals surface area contributed by atoms with E-state index in [1.54, 1.807) is 13.3 Å². The standard InChI is InChI=1S/C31H33N5O5S/c1-39-30-18-21(3-5-28(30)35-11-13-36(14-12-35)42(2,37)38)27-19-25-26(34-27)7-10-33-31(25)22-4-6-29(23(17-22)20-32)41-24-8-15-40-16-9-24/h3-7,10,17-19,24,34H,8-9,11-16H2,1-2H3. The topological polar surface area (TPSA) is 121 Å². The molecule has 0 spiro atoms. The van der Waals surface area contributed by atoms with E-state index in [4.69, 9.17) is 14.2 Å². The van der Waals surface area contributed by atoms with Gasteiger partial charge in [0.1, 0.15) is 23.7 Å². The molecule has 1 N–H and O–H groups in total. The highest BCUT2D eigenvalue weighted by atomic mass is 32.2. The lowest BCUT2D eigenvalue weighted by Crippen LogP contribution is -2.48. The molecule has 0 radical (unpaired) electrons. The first-order valence-electron chi connectivity index (χ1n) is 14.0. The highest BCUT2D eigenvalue weighted by Crippen LogP contribution is 2.37. The molecule has 0 unspecified atom stereocenters. The lowest BCUT2D eigenvalue weighted by atomic mass is 10.0. The summed E-state index contributed by atoms with van der Waals surface area (Å²) >= 11 is 0. The number of rotatable bonds is 7. The molecule has 2 aromatic heterocycles. The van der Waals surface area contributed by atoms with Gasteiger partial charge in [-0.25, -0.2) is 8.42 Å². The van der Waals surface area contributed by atoms with Crippen molar-refractivity contribution in [1.29, 1.82) is 5.26 Å². The third kappa shape index (κ3) is 5.66. The number of nitrogens with one attached hydrogen (secondary N) is 1. The average Bonchev–Trinajstić information content (AvgIpc) is 3.46. The largest absolute Gasteiger partial charge is 0.495 e. The molecule has 11 heteroatoms. The number of sulfonamides is 1. The number of hydrogen-bond acceptors (Lipinski definition) is 8. The van der Waals surface area contributed by atoms with Crippen LogP contribution < -0.4 is 14.4 Å². The maximum atomic E-state index is 11.9. The first-order valence-corrected chi connectivity index (χ1v) is 15.8. The van der Waals surface area contributed by atoms with Crippen LogP contribution >= 0.6 is 0 Å². The smallest absolute Gasteiger partial charge is 0.211 e. The summed E-state index contributed by atoms with van der Waals surface area (Å²) in [7, 11) is -1.56. The van der Waals surface area contributed by atoms with Crippen molar-refractivity contribution >= 4 is 26.6 Å². The number of ether oxygens (including phenoxy) is 3. The molecule has 42 heavy (non-hydrogen) atoms. The van der Waals surface area contributed by atoms with Crippen molar-refractivity contribution in [2.24, 2.45) is 0 Å². The van der Waals surface area contributed by atoms with Crippen LogP contribution in [0.4, 0.5) is 5.69 Å². The molecular weight excluding hydrogens is 554 g/mol. The van der Waals surface area contributed by atoms with Crippen LogP contribution in [0.15, 0.2) is 54.7 Å². The summed E-state index contributed by atoms with van der Waals surface area (Å²) in [5, 5.41) is 10.8. The van der Waals surface area contributed by atoms with E-state index < -0.39 is 10.0 Å². The molecule has 0 bridgehead atoms. The van der Waals surface area contributed by atoms with E-state index in [-0.39, 0.29) is 6.10 Å². The maximum absolute atomic E-state index is 11.9. The number of pyridine rings is 1. The van der Waals surface area contributed by atoms with Gasteiger partial charge in [-0.2, -0.15) is 9.57 Å². The van der Waals surface area contributed by atoms with E-state index in [9.17, 15) is 13.7 Å². The van der Waals surface area contributed by atoms with E-state index >= 15 is 0 Å². The van der Waals surface area contributed by atoms with E-state index in [2.05, 4.69) is 27.0 Å². The summed E-state index contributed by atoms with van der Waals surface area (Å²) in [5.74, 6) is 1.30. The summed E-state index contributed by atoms with van der Waals surface area (Å²) in [6, 6.07) is 18.0. The number of fused-ring (bicyclic) bond motifs is 1. The summed E-state index contributed by atoms with van der Waals surface area (Å²) < 4.78 is 42.7. The molecule has 2 aliphatic heterocycles. The molecule has 6 rings (SSSR count). The van der Waals surface area contributed by atoms with Crippen molar-refractivity contribution < 1.29 is 22.6 Å². The Morgan fingerprint density at radius 1 is 1.00 bits per heavy atom. The zero-order chi connectivity index (χ0) is 29.3. The zero-order valence-electron chi connectivity index (χ0n) is 23.7. The summed E-state index contributed by atoms with van der Waals surface area (Å²) in [6.45, 7) is 3.41. The fourth-order valence-corrected chi connectivity index (χ4v) is 6.47. The van der Waals surface area contributed by atoms with Crippen LogP contribution in [-0.2, 0) is 14.8 Å². The van der Waals surface area contributed by atoms with Crippen molar-refractivity contribution in [3.63, 3.8) is 0 Å². The predicted molar refractivity (Wildman–Crippen MR) is 161 cm³/mol. The van der Waals surface area contributed by atoms with E-state index in [0.29, 0.717) is 50.7 Å². The van der Waals surface area contributed by atoms with Gasteiger partial charge in [0.2, 0.25) is 10.0 Å². The Labute approximate surface area is 245 Å². The molecule has 0 amide bonds. The fraction of sp³-hybridized carbons (Fsp3) is 0.355. The summed E-state index contributed by atoms with van der Waals surface area (Å²) in [5.41, 5.74) is 5.80. The Kier molecular flexibility index (Phi) is 7.77. The number of nitriles is 1. The molecular formula is C31H33N5O5S. The molecule has 2 saturated heterocycles. The van der Waals surface area contributed by atoms with E-state index in [0.717, 1.165) is 57.7 Å². The second-order valence-corrected chi connectivity index (χ2v) is 12.6. The average molecular weight is 588 g/mol. The minimum atomic E-state index is -3.20. The summed E-state index contributed by atoms with van der Waals surface area (Å²) in [6.07, 6.45) is 4.68. The molecule has 218 valence electrons. The SMILES string of the molecule is COc1cc(-c2cc3c(-c4ccc(OC5CCOCC5)c(C#N)c4)nccc3[nH]2)ccc1N1CCN(S(C)(=O)=O)CC1. The quantitative estimate of drug-likeness (QED) is 0.338. The van der Waals surface area contributed by atoms with Gasteiger partial charge in [-0.05, 0) is 42.5 Å². The van der Waals surface area contributed by atoms with Gasteiger partial charge in [-0.3, -0.25) is 4.98 Å². The van der Waals surface area contributed by atoms with Gasteiger partial charge in [0.15, 0.2) is 0 Å². The second kappa shape index (κ2) is 11.6. The minimum absolute atomic E-state index is 0.0472. The van der Waals surface area contributed by atoms with Crippen LogP contribution in [0.25, 0.3) is 33.4 Å². The normalized spacial score (nSPS) is 16.8.